The van der Waals surface area contributed by atoms with E-state index in [0.29, 0.717) is 19.1 Å². The second-order valence-corrected chi connectivity index (χ2v) is 5.38. The molecule has 1 aliphatic heterocycles. The molecule has 0 bridgehead atoms. The molecule has 17 heavy (non-hydrogen) atoms. The van der Waals surface area contributed by atoms with Gasteiger partial charge in [0.2, 0.25) is 0 Å². The van der Waals surface area contributed by atoms with Crippen LogP contribution in [0.5, 0.6) is 0 Å². The topological polar surface area (TPSA) is 55.8 Å². The average Bonchev–Trinajstić information content (AvgIpc) is 2.77. The van der Waals surface area contributed by atoms with Gasteiger partial charge in [-0.25, -0.2) is 4.79 Å². The molecule has 0 amide bonds. The summed E-state index contributed by atoms with van der Waals surface area (Å²) < 4.78 is 11.2. The quantitative estimate of drug-likeness (QED) is 0.821. The van der Waals surface area contributed by atoms with E-state index in [1.807, 2.05) is 0 Å². The second-order valence-electron chi connectivity index (χ2n) is 5.38. The zero-order chi connectivity index (χ0) is 12.3. The van der Waals surface area contributed by atoms with Crippen LogP contribution in [-0.2, 0) is 14.3 Å². The largest absolute Gasteiger partial charge is 0.479 e. The fourth-order valence-corrected chi connectivity index (χ4v) is 2.65. The van der Waals surface area contributed by atoms with Crippen molar-refractivity contribution in [1.82, 2.24) is 0 Å². The monoisotopic (exact) mass is 242 g/mol. The van der Waals surface area contributed by atoms with Crippen LogP contribution >= 0.6 is 0 Å². The van der Waals surface area contributed by atoms with Gasteiger partial charge in [0, 0.05) is 0 Å². The summed E-state index contributed by atoms with van der Waals surface area (Å²) in [6, 6.07) is 0. The van der Waals surface area contributed by atoms with E-state index < -0.39 is 12.1 Å². The van der Waals surface area contributed by atoms with Gasteiger partial charge in [-0.1, -0.05) is 6.92 Å². The first kappa shape index (κ1) is 12.8. The van der Waals surface area contributed by atoms with E-state index in [1.54, 1.807) is 0 Å². The fraction of sp³-hybridized carbons (Fsp3) is 0.923. The van der Waals surface area contributed by atoms with Gasteiger partial charge < -0.3 is 14.6 Å². The maximum absolute atomic E-state index is 10.7. The third-order valence-electron chi connectivity index (χ3n) is 3.86. The summed E-state index contributed by atoms with van der Waals surface area (Å²) in [5.74, 6) is -0.0204. The minimum Gasteiger partial charge on any atom is -0.479 e. The Morgan fingerprint density at radius 1 is 1.24 bits per heavy atom. The van der Waals surface area contributed by atoms with Gasteiger partial charge in [0.25, 0.3) is 0 Å². The van der Waals surface area contributed by atoms with E-state index in [0.717, 1.165) is 25.2 Å². The Labute approximate surface area is 102 Å². The summed E-state index contributed by atoms with van der Waals surface area (Å²) >= 11 is 0. The standard InChI is InChI=1S/C13H22O4/c1-9-2-4-10(5-3-9)16-8-11-6-7-12(17-11)13(14)15/h9-12H,2-8H2,1H3,(H,14,15). The zero-order valence-electron chi connectivity index (χ0n) is 10.4. The zero-order valence-corrected chi connectivity index (χ0v) is 10.4. The van der Waals surface area contributed by atoms with Crippen LogP contribution in [0, 0.1) is 5.92 Å². The normalized spacial score (nSPS) is 38.2. The van der Waals surface area contributed by atoms with Gasteiger partial charge in [-0.3, -0.25) is 0 Å². The van der Waals surface area contributed by atoms with Crippen molar-refractivity contribution >= 4 is 5.97 Å². The summed E-state index contributed by atoms with van der Waals surface area (Å²) in [7, 11) is 0. The lowest BCUT2D eigenvalue weighted by Gasteiger charge is -2.27. The number of hydrogen-bond acceptors (Lipinski definition) is 3. The molecule has 2 fully saturated rings. The highest BCUT2D eigenvalue weighted by Gasteiger charge is 2.31. The van der Waals surface area contributed by atoms with E-state index in [1.165, 1.54) is 12.8 Å². The molecule has 0 aromatic rings. The number of carboxylic acid groups (broad SMARTS) is 1. The molecule has 98 valence electrons. The van der Waals surface area contributed by atoms with Crippen molar-refractivity contribution in [3.05, 3.63) is 0 Å². The molecular weight excluding hydrogens is 220 g/mol. The van der Waals surface area contributed by atoms with Gasteiger partial charge in [0.1, 0.15) is 0 Å². The van der Waals surface area contributed by atoms with Crippen molar-refractivity contribution in [1.29, 1.82) is 0 Å². The van der Waals surface area contributed by atoms with E-state index in [2.05, 4.69) is 6.92 Å². The molecule has 1 saturated heterocycles. The highest BCUT2D eigenvalue weighted by atomic mass is 16.6. The Hall–Kier alpha value is -0.610. The summed E-state index contributed by atoms with van der Waals surface area (Å²) in [6.07, 6.45) is 5.91. The van der Waals surface area contributed by atoms with Crippen molar-refractivity contribution < 1.29 is 19.4 Å². The molecule has 0 aromatic carbocycles. The van der Waals surface area contributed by atoms with E-state index in [9.17, 15) is 4.79 Å². The van der Waals surface area contributed by atoms with Crippen LogP contribution in [0.4, 0.5) is 0 Å². The van der Waals surface area contributed by atoms with Crippen LogP contribution in [0.2, 0.25) is 0 Å². The van der Waals surface area contributed by atoms with Crippen molar-refractivity contribution in [3.63, 3.8) is 0 Å². The van der Waals surface area contributed by atoms with Crippen molar-refractivity contribution in [2.45, 2.75) is 63.8 Å². The van der Waals surface area contributed by atoms with E-state index in [4.69, 9.17) is 14.6 Å². The molecule has 4 nitrogen and oxygen atoms in total. The lowest BCUT2D eigenvalue weighted by molar-refractivity contribution is -0.151. The molecule has 1 saturated carbocycles. The molecule has 2 rings (SSSR count). The van der Waals surface area contributed by atoms with Gasteiger partial charge >= 0.3 is 5.97 Å². The number of carboxylic acids is 1. The number of hydrogen-bond donors (Lipinski definition) is 1. The minimum atomic E-state index is -0.848. The molecule has 2 aliphatic rings. The maximum atomic E-state index is 10.7. The number of rotatable bonds is 4. The van der Waals surface area contributed by atoms with Crippen LogP contribution in [0.1, 0.15) is 45.4 Å². The molecule has 1 N–H and O–H groups in total. The molecule has 2 unspecified atom stereocenters. The van der Waals surface area contributed by atoms with E-state index in [-0.39, 0.29) is 6.10 Å². The highest BCUT2D eigenvalue weighted by molar-refractivity contribution is 5.72. The first-order valence-corrected chi connectivity index (χ1v) is 6.65. The smallest absolute Gasteiger partial charge is 0.332 e. The molecule has 1 aliphatic carbocycles. The molecule has 0 spiro atoms. The maximum Gasteiger partial charge on any atom is 0.332 e. The predicted octanol–water partition coefficient (Wildman–Crippen LogP) is 2.21. The Bertz CT molecular complexity index is 258. The van der Waals surface area contributed by atoms with Gasteiger partial charge in [-0.05, 0) is 44.4 Å². The molecule has 2 atom stereocenters. The summed E-state index contributed by atoms with van der Waals surface area (Å²) in [5, 5.41) is 8.81. The Kier molecular flexibility index (Phi) is 4.40. The van der Waals surface area contributed by atoms with Gasteiger partial charge in [0.05, 0.1) is 18.8 Å². The SMILES string of the molecule is CC1CCC(OCC2CCC(C(=O)O)O2)CC1. The average molecular weight is 242 g/mol. The van der Waals surface area contributed by atoms with Crippen LogP contribution < -0.4 is 0 Å². The first-order valence-electron chi connectivity index (χ1n) is 6.65. The van der Waals surface area contributed by atoms with Crippen molar-refractivity contribution in [2.75, 3.05) is 6.61 Å². The summed E-state index contributed by atoms with van der Waals surface area (Å²) in [5.41, 5.74) is 0. The van der Waals surface area contributed by atoms with Gasteiger partial charge in [-0.2, -0.15) is 0 Å². The third-order valence-corrected chi connectivity index (χ3v) is 3.86. The lowest BCUT2D eigenvalue weighted by atomic mass is 9.89. The summed E-state index contributed by atoms with van der Waals surface area (Å²) in [6.45, 7) is 2.84. The second kappa shape index (κ2) is 5.83. The van der Waals surface area contributed by atoms with Crippen molar-refractivity contribution in [2.24, 2.45) is 5.92 Å². The highest BCUT2D eigenvalue weighted by Crippen LogP contribution is 2.27. The lowest BCUT2D eigenvalue weighted by Crippen LogP contribution is -2.27. The van der Waals surface area contributed by atoms with Crippen LogP contribution in [0.25, 0.3) is 0 Å². The molecule has 0 radical (unpaired) electrons. The van der Waals surface area contributed by atoms with Crippen LogP contribution in [0.15, 0.2) is 0 Å². The van der Waals surface area contributed by atoms with E-state index >= 15 is 0 Å². The Morgan fingerprint density at radius 2 is 1.94 bits per heavy atom. The predicted molar refractivity (Wildman–Crippen MR) is 62.9 cm³/mol. The fourth-order valence-electron chi connectivity index (χ4n) is 2.65. The number of carbonyl (C=O) groups is 1. The first-order chi connectivity index (χ1) is 8.15. The van der Waals surface area contributed by atoms with Crippen molar-refractivity contribution in [3.8, 4) is 0 Å². The summed E-state index contributed by atoms with van der Waals surface area (Å²) in [4.78, 5) is 10.7. The number of ether oxygens (including phenoxy) is 2. The molecule has 0 aromatic heterocycles. The van der Waals surface area contributed by atoms with Crippen LogP contribution in [-0.4, -0.2) is 36.0 Å². The molecule has 4 heteroatoms. The molecular formula is C13H22O4. The third kappa shape index (κ3) is 3.68. The van der Waals surface area contributed by atoms with Crippen LogP contribution in [0.3, 0.4) is 0 Å². The van der Waals surface area contributed by atoms with Gasteiger partial charge in [0.15, 0.2) is 6.10 Å². The molecule has 1 heterocycles. The Balaban J connectivity index is 1.64. The Morgan fingerprint density at radius 3 is 2.53 bits per heavy atom. The number of aliphatic carboxylic acids is 1. The minimum absolute atomic E-state index is 0.0181. The van der Waals surface area contributed by atoms with Gasteiger partial charge in [-0.15, -0.1) is 0 Å².